The molecule has 0 fully saturated rings. The minimum absolute atomic E-state index is 0.154. The van der Waals surface area contributed by atoms with Crippen LogP contribution in [0.5, 0.6) is 11.5 Å². The van der Waals surface area contributed by atoms with Crippen LogP contribution in [-0.4, -0.2) is 11.1 Å². The van der Waals surface area contributed by atoms with Gasteiger partial charge in [-0.2, -0.15) is 18.4 Å². The maximum atomic E-state index is 13.1. The second-order valence-corrected chi connectivity index (χ2v) is 12.1. The summed E-state index contributed by atoms with van der Waals surface area (Å²) < 4.78 is 45.6. The summed E-state index contributed by atoms with van der Waals surface area (Å²) in [7, 11) is 0. The molecule has 38 heavy (non-hydrogen) atoms. The molecule has 0 unspecified atom stereocenters. The molecule has 0 saturated heterocycles. The van der Waals surface area contributed by atoms with E-state index in [0.717, 1.165) is 41.8 Å². The molecular formula is C27H23BrF3N3O3S. The van der Waals surface area contributed by atoms with Crippen molar-refractivity contribution in [2.45, 2.75) is 46.2 Å². The van der Waals surface area contributed by atoms with Gasteiger partial charge in [-0.15, -0.1) is 11.3 Å². The number of nitrogens with zero attached hydrogens (tertiary/aromatic N) is 3. The van der Waals surface area contributed by atoms with Gasteiger partial charge < -0.3 is 4.74 Å². The molecule has 0 radical (unpaired) electrons. The number of nitro groups is 1. The molecule has 6 nitrogen and oxygen atoms in total. The molecule has 0 N–H and O–H groups in total. The molecule has 1 aliphatic rings. The zero-order valence-electron chi connectivity index (χ0n) is 20.7. The van der Waals surface area contributed by atoms with E-state index in [1.165, 1.54) is 23.6 Å². The predicted octanol–water partition coefficient (Wildman–Crippen LogP) is 9.00. The Balaban J connectivity index is 1.68. The number of nitriles is 1. The van der Waals surface area contributed by atoms with E-state index < -0.39 is 22.4 Å². The van der Waals surface area contributed by atoms with Gasteiger partial charge in [0.05, 0.1) is 16.1 Å². The van der Waals surface area contributed by atoms with Crippen molar-refractivity contribution in [3.63, 3.8) is 0 Å². The SMILES string of the molecule is CC(C)(C)[C@H]1CCc2c(sc(N=Cc3cc(Br)ccc3Oc3ccc(C(F)(F)F)cc3[N+](=O)[O-])c2C#N)C1. The maximum absolute atomic E-state index is 13.1. The van der Waals surface area contributed by atoms with Crippen LogP contribution < -0.4 is 4.74 Å². The van der Waals surface area contributed by atoms with E-state index in [0.29, 0.717) is 32.6 Å². The highest BCUT2D eigenvalue weighted by Crippen LogP contribution is 2.45. The molecule has 4 rings (SSSR count). The molecule has 0 saturated carbocycles. The van der Waals surface area contributed by atoms with Crippen LogP contribution in [0.3, 0.4) is 0 Å². The van der Waals surface area contributed by atoms with E-state index in [9.17, 15) is 28.5 Å². The summed E-state index contributed by atoms with van der Waals surface area (Å²) in [5.41, 5.74) is 0.212. The quantitative estimate of drug-likeness (QED) is 0.165. The Kier molecular flexibility index (Phi) is 7.68. The Morgan fingerprint density at radius 3 is 2.55 bits per heavy atom. The zero-order chi connectivity index (χ0) is 27.8. The fourth-order valence-electron chi connectivity index (χ4n) is 4.40. The maximum Gasteiger partial charge on any atom is 0.416 e. The highest BCUT2D eigenvalue weighted by molar-refractivity contribution is 9.10. The number of thiophene rings is 1. The molecule has 11 heteroatoms. The molecule has 1 aromatic heterocycles. The van der Waals surface area contributed by atoms with Crippen LogP contribution >= 0.6 is 27.3 Å². The fraction of sp³-hybridized carbons (Fsp3) is 0.333. The smallest absolute Gasteiger partial charge is 0.416 e. The van der Waals surface area contributed by atoms with E-state index in [4.69, 9.17) is 4.74 Å². The molecule has 1 atom stereocenters. The van der Waals surface area contributed by atoms with E-state index in [2.05, 4.69) is 47.8 Å². The lowest BCUT2D eigenvalue weighted by atomic mass is 9.72. The number of ether oxygens (including phenoxy) is 1. The average Bonchev–Trinajstić information content (AvgIpc) is 3.19. The van der Waals surface area contributed by atoms with Gasteiger partial charge in [0.2, 0.25) is 5.75 Å². The first-order valence-corrected chi connectivity index (χ1v) is 13.3. The van der Waals surface area contributed by atoms with Gasteiger partial charge in [0.15, 0.2) is 0 Å². The molecule has 0 amide bonds. The van der Waals surface area contributed by atoms with E-state index in [-0.39, 0.29) is 16.9 Å². The van der Waals surface area contributed by atoms with Crippen LogP contribution in [0.4, 0.5) is 23.9 Å². The van der Waals surface area contributed by atoms with Gasteiger partial charge in [-0.05, 0) is 66.5 Å². The number of rotatable bonds is 5. The van der Waals surface area contributed by atoms with Crippen molar-refractivity contribution in [3.05, 3.63) is 78.1 Å². The monoisotopic (exact) mass is 605 g/mol. The molecule has 0 bridgehead atoms. The van der Waals surface area contributed by atoms with Gasteiger partial charge in [-0.1, -0.05) is 36.7 Å². The first kappa shape index (κ1) is 27.8. The number of hydrogen-bond acceptors (Lipinski definition) is 6. The molecule has 3 aromatic rings. The summed E-state index contributed by atoms with van der Waals surface area (Å²) in [5, 5.41) is 21.9. The Labute approximate surface area is 230 Å². The van der Waals surface area contributed by atoms with Gasteiger partial charge in [0.25, 0.3) is 0 Å². The van der Waals surface area contributed by atoms with Crippen molar-refractivity contribution in [2.24, 2.45) is 16.3 Å². The number of fused-ring (bicyclic) bond motifs is 1. The molecule has 0 aliphatic heterocycles. The highest BCUT2D eigenvalue weighted by Gasteiger charge is 2.34. The van der Waals surface area contributed by atoms with Gasteiger partial charge in [-0.25, -0.2) is 4.99 Å². The Morgan fingerprint density at radius 1 is 1.21 bits per heavy atom. The Morgan fingerprint density at radius 2 is 1.92 bits per heavy atom. The van der Waals surface area contributed by atoms with Crippen molar-refractivity contribution in [1.82, 2.24) is 0 Å². The number of benzene rings is 2. The lowest BCUT2D eigenvalue weighted by Gasteiger charge is -2.33. The van der Waals surface area contributed by atoms with Crippen LogP contribution in [0.25, 0.3) is 0 Å². The van der Waals surface area contributed by atoms with Crippen molar-refractivity contribution in [2.75, 3.05) is 0 Å². The van der Waals surface area contributed by atoms with Gasteiger partial charge in [0.1, 0.15) is 16.8 Å². The highest BCUT2D eigenvalue weighted by atomic mass is 79.9. The molecule has 0 spiro atoms. The van der Waals surface area contributed by atoms with Crippen molar-refractivity contribution >= 4 is 44.2 Å². The van der Waals surface area contributed by atoms with Crippen molar-refractivity contribution < 1.29 is 22.8 Å². The lowest BCUT2D eigenvalue weighted by molar-refractivity contribution is -0.385. The van der Waals surface area contributed by atoms with Crippen LogP contribution in [-0.2, 0) is 19.0 Å². The van der Waals surface area contributed by atoms with Crippen LogP contribution in [0.15, 0.2) is 45.9 Å². The minimum atomic E-state index is -4.73. The first-order chi connectivity index (χ1) is 17.8. The van der Waals surface area contributed by atoms with Crippen LogP contribution in [0.1, 0.15) is 54.3 Å². The number of aliphatic imine (C=N–C) groups is 1. The van der Waals surface area contributed by atoms with E-state index >= 15 is 0 Å². The molecular weight excluding hydrogens is 583 g/mol. The minimum Gasteiger partial charge on any atom is -0.449 e. The van der Waals surface area contributed by atoms with E-state index in [1.807, 2.05) is 0 Å². The topological polar surface area (TPSA) is 88.5 Å². The fourth-order valence-corrected chi connectivity index (χ4v) is 6.00. The van der Waals surface area contributed by atoms with E-state index in [1.54, 1.807) is 12.1 Å². The van der Waals surface area contributed by atoms with Gasteiger partial charge in [0, 0.05) is 27.2 Å². The summed E-state index contributed by atoms with van der Waals surface area (Å²) in [6, 6.07) is 9.23. The number of nitro benzene ring substituents is 1. The summed E-state index contributed by atoms with van der Waals surface area (Å²) >= 11 is 4.86. The molecule has 2 aromatic carbocycles. The largest absolute Gasteiger partial charge is 0.449 e. The molecule has 1 aliphatic carbocycles. The van der Waals surface area contributed by atoms with Crippen molar-refractivity contribution in [3.8, 4) is 17.6 Å². The number of halogens is 4. The lowest BCUT2D eigenvalue weighted by Crippen LogP contribution is -2.26. The Bertz CT molecular complexity index is 1470. The molecule has 198 valence electrons. The second-order valence-electron chi connectivity index (χ2n) is 10.1. The third-order valence-electron chi connectivity index (χ3n) is 6.58. The Hall–Kier alpha value is -3.23. The third kappa shape index (κ3) is 5.92. The summed E-state index contributed by atoms with van der Waals surface area (Å²) in [4.78, 5) is 16.3. The summed E-state index contributed by atoms with van der Waals surface area (Å²) in [6.45, 7) is 6.66. The van der Waals surface area contributed by atoms with Crippen LogP contribution in [0.2, 0.25) is 0 Å². The molecule has 1 heterocycles. The van der Waals surface area contributed by atoms with Gasteiger partial charge in [-0.3, -0.25) is 10.1 Å². The summed E-state index contributed by atoms with van der Waals surface area (Å²) in [6.07, 6.45) is -0.536. The van der Waals surface area contributed by atoms with Crippen LogP contribution in [0, 0.1) is 32.8 Å². The zero-order valence-corrected chi connectivity index (χ0v) is 23.1. The van der Waals surface area contributed by atoms with Gasteiger partial charge >= 0.3 is 11.9 Å². The van der Waals surface area contributed by atoms with Crippen molar-refractivity contribution in [1.29, 1.82) is 5.26 Å². The number of hydrogen-bond donors (Lipinski definition) is 0. The third-order valence-corrected chi connectivity index (χ3v) is 8.23. The summed E-state index contributed by atoms with van der Waals surface area (Å²) in [5.74, 6) is 0.326. The predicted molar refractivity (Wildman–Crippen MR) is 144 cm³/mol. The standard InChI is InChI=1S/C27H23BrF3N3O3S/c1-26(2,3)16-4-7-19-20(13-32)25(38-24(19)12-16)33-14-15-10-18(28)6-9-22(15)37-23-8-5-17(27(29,30)31)11-21(23)34(35)36/h5-6,8-11,14,16H,4,7,12H2,1-3H3/t16-/m0/s1. The normalized spacial score (nSPS) is 15.8. The number of alkyl halides is 3. The first-order valence-electron chi connectivity index (χ1n) is 11.7. The second kappa shape index (κ2) is 10.5. The average molecular weight is 606 g/mol.